The van der Waals surface area contributed by atoms with Crippen molar-refractivity contribution in [3.05, 3.63) is 200 Å². The van der Waals surface area contributed by atoms with E-state index >= 15 is 8.78 Å². The number of H-pyrrole nitrogens is 1. The van der Waals surface area contributed by atoms with E-state index in [1.165, 1.54) is 152 Å². The molecular weight excluding hydrogens is 1860 g/mol. The topological polar surface area (TPSA) is 359 Å². The Morgan fingerprint density at radius 1 is 0.564 bits per heavy atom. The maximum absolute atomic E-state index is 16.2. The molecule has 4 heterocycles. The van der Waals surface area contributed by atoms with Crippen LogP contribution in [0.2, 0.25) is 39.3 Å². The number of ether oxygens (including phenoxy) is 12. The van der Waals surface area contributed by atoms with Crippen molar-refractivity contribution in [2.24, 2.45) is 0 Å². The van der Waals surface area contributed by atoms with Gasteiger partial charge in [-0.05, 0) is 199 Å². The number of alkyl halides is 7. The predicted octanol–water partition coefficient (Wildman–Crippen LogP) is 10.2. The van der Waals surface area contributed by atoms with Crippen molar-refractivity contribution in [2.45, 2.75) is 97.8 Å². The number of rotatable bonds is 22. The summed E-state index contributed by atoms with van der Waals surface area (Å²) in [6, 6.07) is 32.8. The van der Waals surface area contributed by atoms with Gasteiger partial charge in [0.1, 0.15) is 60.0 Å². The Balaban J connectivity index is 0.000000414. The van der Waals surface area contributed by atoms with Crippen molar-refractivity contribution >= 4 is 138 Å². The van der Waals surface area contributed by atoms with Crippen molar-refractivity contribution in [1.82, 2.24) is 19.5 Å². The van der Waals surface area contributed by atoms with E-state index in [2.05, 4.69) is 65.3 Å². The third kappa shape index (κ3) is 31.0. The summed E-state index contributed by atoms with van der Waals surface area (Å²) in [5.74, 6) is -0.178. The SMILES string of the molecule is COc1ccc(C(=O)OC[C@H]2OC(OC(=O)c3ccc(OC)cc3)[C@@](F)(Br)[C@@H]2OC(=O)c2ccc(OC)cc2)cc1.COc1ccc(C(=O)OC[C@H]2O[C@@H](n3ccc(=O)[nH]c3=O)[C@@](F)(Br)[C@@H]2OC(=O)c2ccc(OC)cc2)cc1.C[Si](C)(C)OS(=O)(=O)C(F)(F)F.Cc1nccc(O[Si](C)(C)C)n1.[Cl][Sn]([Cl])([Cl])[Cl].[Na+].[OH-]. The first-order valence-electron chi connectivity index (χ1n) is 31.0. The number of esters is 5. The standard InChI is InChI=1S/C29H26BrFO10.C25H22BrFN2O9.C8H14N2OSi.C4H9F3O3SSi.4ClH.Na.H2O.Sn/c1-35-20-10-4-17(5-11-20)25(32)38-16-23-24(40-26(33)18-6-12-21(36-2)13-7-18)29(30,31)28(39-23)41-27(34)19-8-14-22(37-3)15-9-19;1-34-16-7-3-14(4-8-16)21(31)36-13-18-20(38-22(32)15-5-9-17(35-2)10-6-15)25(26,27)23(37-18)29-12-11-19(30)28-24(29)33;1-7-9-6-5-8(10-7)11-12(2,3)4;1-12(2,3)10-11(8,9)4(5,6)7;;;;;;;/h4-15,23-24,28H,16H2,1-3H3;3-12,18,20,23H,13H2,1-2H3,(H,28,30,33);5-6H,1-4H3;1-3H3;4*1H;;1H2;/q;;;;;;;;+1;;+4/p-5/t23-,24-,28?,29-;18-,20-,23-,25-;;;;;;;;;/m11........./s1. The van der Waals surface area contributed by atoms with Crippen molar-refractivity contribution in [3.63, 3.8) is 0 Å². The molecule has 2 saturated heterocycles. The summed E-state index contributed by atoms with van der Waals surface area (Å²) in [5.41, 5.74) is -6.30. The molecule has 0 amide bonds. The number of aromatic nitrogens is 4. The van der Waals surface area contributed by atoms with Crippen LogP contribution in [-0.4, -0.2) is 188 Å². The summed E-state index contributed by atoms with van der Waals surface area (Å²) < 4.78 is 157. The molecule has 2 aromatic heterocycles. The fourth-order valence-corrected chi connectivity index (χ4v) is 13.8. The number of aromatic amines is 1. The number of hydrogen-bond acceptors (Lipinski definition) is 26. The molecule has 1 unspecified atom stereocenters. The summed E-state index contributed by atoms with van der Waals surface area (Å²) in [7, 11) is 17.9. The van der Waals surface area contributed by atoms with Gasteiger partial charge >= 0.3 is 130 Å². The molecule has 8 atom stereocenters. The predicted molar refractivity (Wildman–Crippen MR) is 400 cm³/mol. The third-order valence-electron chi connectivity index (χ3n) is 13.7. The second kappa shape index (κ2) is 43.3. The van der Waals surface area contributed by atoms with E-state index in [0.29, 0.717) is 34.6 Å². The number of nitrogens with zero attached hydrogens (tertiary/aromatic N) is 3. The van der Waals surface area contributed by atoms with Gasteiger partial charge in [0.2, 0.25) is 27.1 Å². The van der Waals surface area contributed by atoms with Gasteiger partial charge in [0.05, 0.1) is 63.4 Å². The van der Waals surface area contributed by atoms with Crippen LogP contribution in [0, 0.1) is 6.92 Å². The van der Waals surface area contributed by atoms with Gasteiger partial charge in [-0.3, -0.25) is 14.3 Å². The van der Waals surface area contributed by atoms with Gasteiger partial charge in [-0.25, -0.2) is 42.5 Å². The maximum Gasteiger partial charge on any atom is 1.00 e. The van der Waals surface area contributed by atoms with Gasteiger partial charge in [-0.2, -0.15) is 26.6 Å². The first-order chi connectivity index (χ1) is 50.2. The minimum atomic E-state index is -5.39. The molecule has 44 heteroatoms. The summed E-state index contributed by atoms with van der Waals surface area (Å²) in [5, 5.41) is 0. The first kappa shape index (κ1) is 98.0. The van der Waals surface area contributed by atoms with Crippen molar-refractivity contribution in [2.75, 3.05) is 48.8 Å². The van der Waals surface area contributed by atoms with Crippen LogP contribution in [0.4, 0.5) is 22.0 Å². The smallest absolute Gasteiger partial charge is 0.870 e. The molecular formula is C66H72Br2Cl4F5N4NaO24SSi2Sn. The van der Waals surface area contributed by atoms with Crippen LogP contribution in [0.1, 0.15) is 63.8 Å². The normalized spacial score (nSPS) is 19.2. The van der Waals surface area contributed by atoms with Gasteiger partial charge in [-0.1, -0.05) is 0 Å². The zero-order valence-electron chi connectivity index (χ0n) is 60.5. The Bertz CT molecular complexity index is 4410. The molecule has 596 valence electrons. The molecule has 9 rings (SSSR count). The van der Waals surface area contributed by atoms with Gasteiger partial charge in [0.15, 0.2) is 18.4 Å². The Labute approximate surface area is 687 Å². The zero-order chi connectivity index (χ0) is 80.9. The van der Waals surface area contributed by atoms with Crippen LogP contribution < -0.4 is 68.9 Å². The number of aryl methyl sites for hydroxylation is 1. The van der Waals surface area contributed by atoms with E-state index in [4.69, 9.17) is 97.0 Å². The number of halogens is 11. The van der Waals surface area contributed by atoms with Crippen LogP contribution in [0.3, 0.4) is 0 Å². The van der Waals surface area contributed by atoms with Crippen LogP contribution in [0.25, 0.3) is 0 Å². The largest absolute Gasteiger partial charge is 1.00 e. The molecule has 0 radical (unpaired) electrons. The van der Waals surface area contributed by atoms with E-state index in [-0.39, 0.29) is 62.9 Å². The number of carbonyl (C=O) groups is 5. The molecule has 5 aromatic carbocycles. The maximum atomic E-state index is 16.2. The molecule has 28 nitrogen and oxygen atoms in total. The molecule has 7 aromatic rings. The zero-order valence-corrected chi connectivity index (χ0v) is 74.3. The quantitative estimate of drug-likeness (QED) is 0.0164. The Morgan fingerprint density at radius 3 is 1.21 bits per heavy atom. The molecule has 2 fully saturated rings. The second-order valence-electron chi connectivity index (χ2n) is 24.0. The number of hydrogen-bond donors (Lipinski definition) is 1. The average Bonchev–Trinajstić information content (AvgIpc) is 1.61. The second-order valence-corrected chi connectivity index (χ2v) is 62.5. The third-order valence-corrected chi connectivity index (χ3v) is 19.6. The number of methoxy groups -OCH3 is 5. The van der Waals surface area contributed by atoms with E-state index in [1.807, 2.05) is 11.9 Å². The van der Waals surface area contributed by atoms with Crippen LogP contribution in [0.5, 0.6) is 34.6 Å². The Hall–Kier alpha value is -6.20. The molecule has 2 aliphatic rings. The molecule has 0 bridgehead atoms. The minimum absolute atomic E-state index is 0. The van der Waals surface area contributed by atoms with Crippen molar-refractivity contribution < 1.29 is 155 Å². The summed E-state index contributed by atoms with van der Waals surface area (Å²) >= 11 is 2.50. The molecule has 0 saturated carbocycles. The molecule has 2 aliphatic heterocycles. The van der Waals surface area contributed by atoms with Gasteiger partial charge in [0.25, 0.3) is 16.4 Å². The van der Waals surface area contributed by atoms with E-state index < -0.39 is 147 Å². The van der Waals surface area contributed by atoms with Gasteiger partial charge in [-0.15, -0.1) is 0 Å². The van der Waals surface area contributed by atoms with Crippen LogP contribution in [0.15, 0.2) is 155 Å². The summed E-state index contributed by atoms with van der Waals surface area (Å²) in [6.45, 7) is 11.3. The van der Waals surface area contributed by atoms with E-state index in [0.717, 1.165) is 22.7 Å². The Morgan fingerprint density at radius 2 is 0.900 bits per heavy atom. The molecule has 2 N–H and O–H groups in total. The number of nitrogens with one attached hydrogen (secondary N) is 1. The number of benzene rings is 5. The summed E-state index contributed by atoms with van der Waals surface area (Å²) in [6.07, 6.45) is -6.85. The van der Waals surface area contributed by atoms with Crippen molar-refractivity contribution in [1.29, 1.82) is 0 Å². The summed E-state index contributed by atoms with van der Waals surface area (Å²) in [4.78, 5) is 97.8. The van der Waals surface area contributed by atoms with Gasteiger partial charge in [0, 0.05) is 24.5 Å². The van der Waals surface area contributed by atoms with E-state index in [9.17, 15) is 55.2 Å². The number of carbonyl (C=O) groups excluding carboxylic acids is 5. The van der Waals surface area contributed by atoms with E-state index in [1.54, 1.807) is 36.5 Å². The van der Waals surface area contributed by atoms with Crippen molar-refractivity contribution in [3.8, 4) is 34.6 Å². The Kier molecular flexibility index (Phi) is 38.6. The fraction of sp³-hybridized carbons (Fsp3) is 0.348. The van der Waals surface area contributed by atoms with Gasteiger partial charge < -0.3 is 70.6 Å². The van der Waals surface area contributed by atoms with Crippen LogP contribution in [-0.2, 0) is 47.1 Å². The molecule has 110 heavy (non-hydrogen) atoms. The monoisotopic (exact) mass is 1930 g/mol. The average molecular weight is 1930 g/mol. The first-order valence-corrected chi connectivity index (χ1v) is 55.3. The fourth-order valence-electron chi connectivity index (χ4n) is 8.78. The van der Waals surface area contributed by atoms with Crippen LogP contribution >= 0.6 is 67.5 Å². The minimum Gasteiger partial charge on any atom is -0.870 e. The molecule has 0 spiro atoms. The molecule has 0 aliphatic carbocycles.